The van der Waals surface area contributed by atoms with Crippen LogP contribution in [0.2, 0.25) is 5.02 Å². The van der Waals surface area contributed by atoms with Crippen molar-refractivity contribution in [3.8, 4) is 11.5 Å². The molecule has 0 atom stereocenters. The number of phenols is 1. The van der Waals surface area contributed by atoms with Gasteiger partial charge >= 0.3 is 5.97 Å². The van der Waals surface area contributed by atoms with Crippen LogP contribution in [0.3, 0.4) is 0 Å². The summed E-state index contributed by atoms with van der Waals surface area (Å²) < 4.78 is 9.93. The molecule has 0 unspecified atom stereocenters. The van der Waals surface area contributed by atoms with Crippen LogP contribution in [-0.4, -0.2) is 37.2 Å². The zero-order chi connectivity index (χ0) is 19.6. The van der Waals surface area contributed by atoms with Gasteiger partial charge in [0.1, 0.15) is 0 Å². The third-order valence-electron chi connectivity index (χ3n) is 3.87. The fraction of sp³-hybridized carbons (Fsp3) is 0.300. The molecule has 2 aromatic carbocycles. The lowest BCUT2D eigenvalue weighted by Crippen LogP contribution is -2.30. The Hall–Kier alpha value is -2.73. The van der Waals surface area contributed by atoms with Gasteiger partial charge in [-0.05, 0) is 48.2 Å². The number of amides is 1. The van der Waals surface area contributed by atoms with E-state index in [2.05, 4.69) is 5.32 Å². The predicted octanol–water partition coefficient (Wildman–Crippen LogP) is 2.89. The first-order valence-corrected chi connectivity index (χ1v) is 8.88. The standard InChI is InChI=1S/C20H22ClNO5/c1-26-18-8-4-15(12-17(18)23)5-9-20(25)27-13-19(24)22-11-10-14-2-6-16(21)7-3-14/h2-4,6-8,12,23H,5,9-11,13H2,1H3,(H,22,24). The molecule has 1 amide bonds. The van der Waals surface area contributed by atoms with Gasteiger partial charge in [0.2, 0.25) is 0 Å². The molecular weight excluding hydrogens is 370 g/mol. The monoisotopic (exact) mass is 391 g/mol. The topological polar surface area (TPSA) is 84.9 Å². The molecule has 0 bridgehead atoms. The quantitative estimate of drug-likeness (QED) is 0.642. The van der Waals surface area contributed by atoms with E-state index in [4.69, 9.17) is 21.1 Å². The third kappa shape index (κ3) is 7.19. The molecule has 6 nitrogen and oxygen atoms in total. The highest BCUT2D eigenvalue weighted by Gasteiger charge is 2.09. The molecule has 0 saturated carbocycles. The predicted molar refractivity (Wildman–Crippen MR) is 102 cm³/mol. The first-order valence-electron chi connectivity index (χ1n) is 8.50. The van der Waals surface area contributed by atoms with Crippen molar-refractivity contribution in [1.29, 1.82) is 0 Å². The molecule has 7 heteroatoms. The number of methoxy groups -OCH3 is 1. The van der Waals surface area contributed by atoms with Gasteiger partial charge in [-0.2, -0.15) is 0 Å². The van der Waals surface area contributed by atoms with Crippen LogP contribution in [0.1, 0.15) is 17.5 Å². The number of benzene rings is 2. The molecule has 0 radical (unpaired) electrons. The van der Waals surface area contributed by atoms with Crippen molar-refractivity contribution in [3.63, 3.8) is 0 Å². The number of hydrogen-bond acceptors (Lipinski definition) is 5. The number of hydrogen-bond donors (Lipinski definition) is 2. The zero-order valence-electron chi connectivity index (χ0n) is 15.0. The van der Waals surface area contributed by atoms with Crippen LogP contribution in [0.5, 0.6) is 11.5 Å². The Labute approximate surface area is 163 Å². The summed E-state index contributed by atoms with van der Waals surface area (Å²) in [5.41, 5.74) is 1.83. The van der Waals surface area contributed by atoms with Crippen LogP contribution in [0.15, 0.2) is 42.5 Å². The van der Waals surface area contributed by atoms with Crippen LogP contribution < -0.4 is 10.1 Å². The summed E-state index contributed by atoms with van der Waals surface area (Å²) in [6.07, 6.45) is 1.18. The van der Waals surface area contributed by atoms with Crippen LogP contribution in [0, 0.1) is 0 Å². The summed E-state index contributed by atoms with van der Waals surface area (Å²) >= 11 is 5.82. The van der Waals surface area contributed by atoms with Crippen molar-refractivity contribution >= 4 is 23.5 Å². The number of ether oxygens (including phenoxy) is 2. The second-order valence-corrected chi connectivity index (χ2v) is 6.33. The second-order valence-electron chi connectivity index (χ2n) is 5.89. The van der Waals surface area contributed by atoms with Crippen molar-refractivity contribution in [2.24, 2.45) is 0 Å². The first kappa shape index (κ1) is 20.6. The van der Waals surface area contributed by atoms with Gasteiger partial charge < -0.3 is 19.9 Å². The van der Waals surface area contributed by atoms with Gasteiger partial charge in [0.25, 0.3) is 5.91 Å². The minimum absolute atomic E-state index is 0.0171. The van der Waals surface area contributed by atoms with Gasteiger partial charge in [0.05, 0.1) is 7.11 Å². The van der Waals surface area contributed by atoms with Gasteiger partial charge in [-0.3, -0.25) is 9.59 Å². The molecule has 2 aromatic rings. The van der Waals surface area contributed by atoms with Crippen molar-refractivity contribution in [2.45, 2.75) is 19.3 Å². The van der Waals surface area contributed by atoms with E-state index in [0.717, 1.165) is 11.1 Å². The van der Waals surface area contributed by atoms with Gasteiger partial charge in [0, 0.05) is 18.0 Å². The van der Waals surface area contributed by atoms with E-state index < -0.39 is 5.97 Å². The summed E-state index contributed by atoms with van der Waals surface area (Å²) in [4.78, 5) is 23.5. The molecule has 0 aliphatic rings. The normalized spacial score (nSPS) is 10.3. The highest BCUT2D eigenvalue weighted by atomic mass is 35.5. The fourth-order valence-corrected chi connectivity index (χ4v) is 2.53. The van der Waals surface area contributed by atoms with E-state index in [1.807, 2.05) is 12.1 Å². The largest absolute Gasteiger partial charge is 0.504 e. The molecule has 27 heavy (non-hydrogen) atoms. The van der Waals surface area contributed by atoms with Crippen molar-refractivity contribution in [2.75, 3.05) is 20.3 Å². The lowest BCUT2D eigenvalue weighted by Gasteiger charge is -2.08. The molecule has 144 valence electrons. The molecule has 0 fully saturated rings. The Kier molecular flexibility index (Phi) is 7.95. The molecule has 2 N–H and O–H groups in total. The number of phenolic OH excluding ortho intramolecular Hbond substituents is 1. The van der Waals surface area contributed by atoms with Crippen molar-refractivity contribution in [1.82, 2.24) is 5.32 Å². The Bertz CT molecular complexity index is 776. The molecular formula is C20H22ClNO5. The van der Waals surface area contributed by atoms with Crippen molar-refractivity contribution in [3.05, 3.63) is 58.6 Å². The zero-order valence-corrected chi connectivity index (χ0v) is 15.8. The van der Waals surface area contributed by atoms with Crippen LogP contribution >= 0.6 is 11.6 Å². The number of aryl methyl sites for hydroxylation is 1. The summed E-state index contributed by atoms with van der Waals surface area (Å²) in [7, 11) is 1.46. The smallest absolute Gasteiger partial charge is 0.306 e. The molecule has 0 saturated heterocycles. The lowest BCUT2D eigenvalue weighted by molar-refractivity contribution is -0.148. The molecule has 0 heterocycles. The van der Waals surface area contributed by atoms with Gasteiger partial charge in [-0.25, -0.2) is 0 Å². The Morgan fingerprint density at radius 1 is 1.07 bits per heavy atom. The van der Waals surface area contributed by atoms with Crippen LogP contribution in [0.4, 0.5) is 0 Å². The Morgan fingerprint density at radius 2 is 1.78 bits per heavy atom. The Morgan fingerprint density at radius 3 is 2.44 bits per heavy atom. The van der Waals surface area contributed by atoms with E-state index in [0.29, 0.717) is 30.2 Å². The molecule has 0 aromatic heterocycles. The number of halogens is 1. The lowest BCUT2D eigenvalue weighted by atomic mass is 10.1. The number of carbonyl (C=O) groups is 2. The maximum Gasteiger partial charge on any atom is 0.306 e. The van der Waals surface area contributed by atoms with Crippen molar-refractivity contribution < 1.29 is 24.2 Å². The molecule has 0 spiro atoms. The van der Waals surface area contributed by atoms with E-state index in [1.54, 1.807) is 24.3 Å². The summed E-state index contributed by atoms with van der Waals surface area (Å²) in [5.74, 6) is -0.433. The Balaban J connectivity index is 1.63. The number of nitrogens with one attached hydrogen (secondary N) is 1. The second kappa shape index (κ2) is 10.4. The molecule has 0 aliphatic carbocycles. The van der Waals surface area contributed by atoms with E-state index in [9.17, 15) is 14.7 Å². The highest BCUT2D eigenvalue weighted by molar-refractivity contribution is 6.30. The van der Waals surface area contributed by atoms with Gasteiger partial charge in [-0.15, -0.1) is 0 Å². The van der Waals surface area contributed by atoms with E-state index >= 15 is 0 Å². The minimum atomic E-state index is -0.474. The molecule has 2 rings (SSSR count). The molecule has 0 aliphatic heterocycles. The van der Waals surface area contributed by atoms with Gasteiger partial charge in [-0.1, -0.05) is 29.8 Å². The number of esters is 1. The summed E-state index contributed by atoms with van der Waals surface area (Å²) in [6.45, 7) is 0.135. The number of rotatable bonds is 9. The highest BCUT2D eigenvalue weighted by Crippen LogP contribution is 2.26. The maximum atomic E-state index is 11.8. The minimum Gasteiger partial charge on any atom is -0.504 e. The first-order chi connectivity index (χ1) is 13.0. The average molecular weight is 392 g/mol. The summed E-state index contributed by atoms with van der Waals surface area (Å²) in [6, 6.07) is 12.3. The van der Waals surface area contributed by atoms with E-state index in [1.165, 1.54) is 13.2 Å². The van der Waals surface area contributed by atoms with E-state index in [-0.39, 0.29) is 24.7 Å². The SMILES string of the molecule is COc1ccc(CCC(=O)OCC(=O)NCCc2ccc(Cl)cc2)cc1O. The number of aromatic hydroxyl groups is 1. The maximum absolute atomic E-state index is 11.8. The summed E-state index contributed by atoms with van der Waals surface area (Å²) in [5, 5.41) is 13.1. The van der Waals surface area contributed by atoms with Crippen LogP contribution in [0.25, 0.3) is 0 Å². The number of carbonyl (C=O) groups excluding carboxylic acids is 2. The average Bonchev–Trinajstić information content (AvgIpc) is 2.66. The van der Waals surface area contributed by atoms with Crippen LogP contribution in [-0.2, 0) is 27.2 Å². The van der Waals surface area contributed by atoms with Gasteiger partial charge in [0.15, 0.2) is 18.1 Å². The third-order valence-corrected chi connectivity index (χ3v) is 4.13. The fourth-order valence-electron chi connectivity index (χ4n) is 2.40.